The van der Waals surface area contributed by atoms with Crippen LogP contribution in [0.2, 0.25) is 0 Å². The Morgan fingerprint density at radius 2 is 2.04 bits per heavy atom. The Kier molecular flexibility index (Phi) is 5.93. The molecule has 0 bridgehead atoms. The highest BCUT2D eigenvalue weighted by Gasteiger charge is 2.26. The summed E-state index contributed by atoms with van der Waals surface area (Å²) in [6, 6.07) is 6.43. The number of ether oxygens (including phenoxy) is 2. The van der Waals surface area contributed by atoms with E-state index in [0.29, 0.717) is 13.2 Å². The van der Waals surface area contributed by atoms with Crippen molar-refractivity contribution >= 4 is 5.91 Å². The number of nitrogens with zero attached hydrogens (tertiary/aromatic N) is 3. The number of hydrogen-bond donors (Lipinski definition) is 0. The largest absolute Gasteiger partial charge is 0.491 e. The minimum Gasteiger partial charge on any atom is -0.491 e. The van der Waals surface area contributed by atoms with Gasteiger partial charge in [0.05, 0.1) is 6.04 Å². The third kappa shape index (κ3) is 4.51. The van der Waals surface area contributed by atoms with E-state index in [1.807, 2.05) is 11.8 Å². The van der Waals surface area contributed by atoms with Crippen molar-refractivity contribution in [1.29, 1.82) is 0 Å². The van der Waals surface area contributed by atoms with Gasteiger partial charge in [0.2, 0.25) is 5.91 Å². The van der Waals surface area contributed by atoms with Crippen LogP contribution in [0.1, 0.15) is 18.1 Å². The number of rotatable bonds is 4. The number of benzene rings is 1. The Morgan fingerprint density at radius 1 is 1.28 bits per heavy atom. The van der Waals surface area contributed by atoms with Crippen molar-refractivity contribution < 1.29 is 14.3 Å². The van der Waals surface area contributed by atoms with Gasteiger partial charge in [0, 0.05) is 51.9 Å². The highest BCUT2D eigenvalue weighted by Crippen LogP contribution is 2.27. The number of carbonyl (C=O) groups excluding carboxylic acids is 1. The molecule has 25 heavy (non-hydrogen) atoms. The fraction of sp³-hybridized carbons (Fsp3) is 0.632. The van der Waals surface area contributed by atoms with Gasteiger partial charge in [-0.3, -0.25) is 9.69 Å². The van der Waals surface area contributed by atoms with E-state index < -0.39 is 0 Å². The van der Waals surface area contributed by atoms with Gasteiger partial charge in [-0.05, 0) is 31.7 Å². The minimum atomic E-state index is 0.0101. The van der Waals surface area contributed by atoms with Gasteiger partial charge in [0.25, 0.3) is 0 Å². The van der Waals surface area contributed by atoms with Gasteiger partial charge >= 0.3 is 0 Å². The zero-order chi connectivity index (χ0) is 17.8. The number of piperazine rings is 1. The Hall–Kier alpha value is -1.63. The number of carbonyl (C=O) groups is 1. The fourth-order valence-corrected chi connectivity index (χ4v) is 3.44. The van der Waals surface area contributed by atoms with Gasteiger partial charge < -0.3 is 19.3 Å². The van der Waals surface area contributed by atoms with Crippen LogP contribution in [0.3, 0.4) is 0 Å². The molecule has 0 radical (unpaired) electrons. The lowest BCUT2D eigenvalue weighted by Gasteiger charge is -2.32. The summed E-state index contributed by atoms with van der Waals surface area (Å²) in [5, 5.41) is 0. The molecule has 0 aliphatic carbocycles. The first-order valence-electron chi connectivity index (χ1n) is 9.00. The molecule has 0 unspecified atom stereocenters. The highest BCUT2D eigenvalue weighted by atomic mass is 16.5. The lowest BCUT2D eigenvalue weighted by Crippen LogP contribution is -2.43. The van der Waals surface area contributed by atoms with Gasteiger partial charge in [0.1, 0.15) is 19.0 Å². The molecule has 1 atom stereocenters. The number of methoxy groups -OCH3 is 1. The second kappa shape index (κ2) is 8.17. The summed E-state index contributed by atoms with van der Waals surface area (Å²) in [4.78, 5) is 19.0. The summed E-state index contributed by atoms with van der Waals surface area (Å²) < 4.78 is 10.9. The molecule has 1 aromatic rings. The summed E-state index contributed by atoms with van der Waals surface area (Å²) in [5.41, 5.74) is 2.36. The molecule has 6 nitrogen and oxygen atoms in total. The first-order valence-corrected chi connectivity index (χ1v) is 9.00. The molecule has 2 aliphatic rings. The van der Waals surface area contributed by atoms with E-state index in [1.165, 1.54) is 5.56 Å². The molecule has 0 aromatic heterocycles. The number of likely N-dealkylation sites (N-methyl/N-ethyl adjacent to an activating group) is 1. The van der Waals surface area contributed by atoms with Crippen molar-refractivity contribution in [3.63, 3.8) is 0 Å². The average Bonchev–Trinajstić information content (AvgIpc) is 2.76. The van der Waals surface area contributed by atoms with Crippen LogP contribution in [-0.2, 0) is 22.6 Å². The smallest absolute Gasteiger partial charge is 0.249 e. The minimum absolute atomic E-state index is 0.0101. The summed E-state index contributed by atoms with van der Waals surface area (Å²) in [6.45, 7) is 8.60. The molecule has 2 aliphatic heterocycles. The standard InChI is InChI=1S/C19H29N3O3/c1-15-13-25-18-5-4-16(11-21-8-6-20(2)7-9-21)10-17(18)12-22(15)19(23)14-24-3/h4-5,10,15H,6-9,11-14H2,1-3H3/t15-/m0/s1. The summed E-state index contributed by atoms with van der Waals surface area (Å²) >= 11 is 0. The van der Waals surface area contributed by atoms with E-state index >= 15 is 0 Å². The van der Waals surface area contributed by atoms with Crippen molar-refractivity contribution in [2.75, 3.05) is 53.6 Å². The summed E-state index contributed by atoms with van der Waals surface area (Å²) in [5.74, 6) is 0.901. The monoisotopic (exact) mass is 347 g/mol. The van der Waals surface area contributed by atoms with Crippen LogP contribution >= 0.6 is 0 Å². The molecule has 0 spiro atoms. The van der Waals surface area contributed by atoms with E-state index in [2.05, 4.69) is 35.0 Å². The van der Waals surface area contributed by atoms with Crippen molar-refractivity contribution in [2.45, 2.75) is 26.1 Å². The lowest BCUT2D eigenvalue weighted by atomic mass is 10.1. The molecule has 1 saturated heterocycles. The molecule has 1 aromatic carbocycles. The van der Waals surface area contributed by atoms with Crippen molar-refractivity contribution in [3.8, 4) is 5.75 Å². The maximum absolute atomic E-state index is 12.3. The Morgan fingerprint density at radius 3 is 2.76 bits per heavy atom. The van der Waals surface area contributed by atoms with Crippen LogP contribution in [0.25, 0.3) is 0 Å². The van der Waals surface area contributed by atoms with E-state index in [9.17, 15) is 4.79 Å². The highest BCUT2D eigenvalue weighted by molar-refractivity contribution is 5.78. The predicted molar refractivity (Wildman–Crippen MR) is 96.6 cm³/mol. The van der Waals surface area contributed by atoms with Crippen LogP contribution in [0.15, 0.2) is 18.2 Å². The Bertz CT molecular complexity index is 600. The summed E-state index contributed by atoms with van der Waals surface area (Å²) in [6.07, 6.45) is 0. The predicted octanol–water partition coefficient (Wildman–Crippen LogP) is 1.19. The maximum atomic E-state index is 12.3. The van der Waals surface area contributed by atoms with Crippen molar-refractivity contribution in [2.24, 2.45) is 0 Å². The quantitative estimate of drug-likeness (QED) is 0.819. The van der Waals surface area contributed by atoms with Gasteiger partial charge in [-0.15, -0.1) is 0 Å². The second-order valence-electron chi connectivity index (χ2n) is 7.14. The SMILES string of the molecule is COCC(=O)N1Cc2cc(CN3CCN(C)CC3)ccc2OC[C@@H]1C. The van der Waals surface area contributed by atoms with E-state index in [4.69, 9.17) is 9.47 Å². The first kappa shape index (κ1) is 18.2. The zero-order valence-electron chi connectivity index (χ0n) is 15.5. The molecule has 0 N–H and O–H groups in total. The molecule has 3 rings (SSSR count). The molecule has 0 saturated carbocycles. The normalized spacial score (nSPS) is 22.2. The van der Waals surface area contributed by atoms with E-state index in [-0.39, 0.29) is 18.6 Å². The fourth-order valence-electron chi connectivity index (χ4n) is 3.44. The molecule has 138 valence electrons. The van der Waals surface area contributed by atoms with Crippen LogP contribution in [-0.4, -0.2) is 80.2 Å². The average molecular weight is 347 g/mol. The third-order valence-corrected chi connectivity index (χ3v) is 5.07. The maximum Gasteiger partial charge on any atom is 0.249 e. The van der Waals surface area contributed by atoms with Crippen molar-refractivity contribution in [1.82, 2.24) is 14.7 Å². The molecule has 6 heteroatoms. The number of amides is 1. The third-order valence-electron chi connectivity index (χ3n) is 5.07. The van der Waals surface area contributed by atoms with Crippen molar-refractivity contribution in [3.05, 3.63) is 29.3 Å². The van der Waals surface area contributed by atoms with E-state index in [1.54, 1.807) is 7.11 Å². The van der Waals surface area contributed by atoms with Gasteiger partial charge in [-0.1, -0.05) is 6.07 Å². The van der Waals surface area contributed by atoms with Crippen LogP contribution < -0.4 is 4.74 Å². The number of fused-ring (bicyclic) bond motifs is 1. The second-order valence-corrected chi connectivity index (χ2v) is 7.14. The molecule has 1 amide bonds. The lowest BCUT2D eigenvalue weighted by molar-refractivity contribution is -0.138. The van der Waals surface area contributed by atoms with Gasteiger partial charge in [-0.2, -0.15) is 0 Å². The topological polar surface area (TPSA) is 45.2 Å². The Balaban J connectivity index is 1.72. The molecule has 2 heterocycles. The summed E-state index contributed by atoms with van der Waals surface area (Å²) in [7, 11) is 3.73. The molecule has 1 fully saturated rings. The van der Waals surface area contributed by atoms with Gasteiger partial charge in [0.15, 0.2) is 0 Å². The van der Waals surface area contributed by atoms with Crippen LogP contribution in [0.5, 0.6) is 5.75 Å². The van der Waals surface area contributed by atoms with Crippen LogP contribution in [0, 0.1) is 0 Å². The number of hydrogen-bond acceptors (Lipinski definition) is 5. The zero-order valence-corrected chi connectivity index (χ0v) is 15.5. The molecular formula is C19H29N3O3. The van der Waals surface area contributed by atoms with Gasteiger partial charge in [-0.25, -0.2) is 0 Å². The van der Waals surface area contributed by atoms with Crippen LogP contribution in [0.4, 0.5) is 0 Å². The Labute approximate surface area is 150 Å². The molecular weight excluding hydrogens is 318 g/mol. The first-order chi connectivity index (χ1) is 12.1. The van der Waals surface area contributed by atoms with E-state index in [0.717, 1.165) is 44.0 Å².